The number of hydrogen-bond acceptors (Lipinski definition) is 2. The van der Waals surface area contributed by atoms with Crippen molar-refractivity contribution in [1.29, 1.82) is 0 Å². The van der Waals surface area contributed by atoms with E-state index in [1.807, 2.05) is 6.92 Å². The van der Waals surface area contributed by atoms with Crippen molar-refractivity contribution in [3.63, 3.8) is 0 Å². The summed E-state index contributed by atoms with van der Waals surface area (Å²) >= 11 is 11.8. The summed E-state index contributed by atoms with van der Waals surface area (Å²) in [4.78, 5) is 0. The lowest BCUT2D eigenvalue weighted by atomic mass is 9.88. The van der Waals surface area contributed by atoms with Crippen molar-refractivity contribution < 1.29 is 17.9 Å². The smallest absolute Gasteiger partial charge is 0.432 e. The SMILES string of the molecule is CC(N)C=Cc1ccc2c(c1)CC(c1cc(Cl)cc(Cl)c1)(C(F)(F)F)O2. The summed E-state index contributed by atoms with van der Waals surface area (Å²) in [6.45, 7) is 1.81. The predicted octanol–water partition coefficient (Wildman–Crippen LogP) is 5.75. The Labute approximate surface area is 159 Å². The van der Waals surface area contributed by atoms with Crippen molar-refractivity contribution in [3.05, 3.63) is 69.2 Å². The highest BCUT2D eigenvalue weighted by Gasteiger charge is 2.61. The zero-order valence-electron chi connectivity index (χ0n) is 13.8. The van der Waals surface area contributed by atoms with Gasteiger partial charge < -0.3 is 10.5 Å². The first-order chi connectivity index (χ1) is 12.1. The van der Waals surface area contributed by atoms with Crippen LogP contribution in [0.5, 0.6) is 5.75 Å². The highest BCUT2D eigenvalue weighted by atomic mass is 35.5. The zero-order chi connectivity index (χ0) is 19.1. The third kappa shape index (κ3) is 3.56. The third-order valence-electron chi connectivity index (χ3n) is 4.19. The number of rotatable bonds is 3. The lowest BCUT2D eigenvalue weighted by Gasteiger charge is -2.31. The molecule has 2 atom stereocenters. The normalized spacial score (nSPS) is 20.9. The molecule has 0 aromatic heterocycles. The Morgan fingerprint density at radius 1 is 1.15 bits per heavy atom. The average molecular weight is 402 g/mol. The first-order valence-corrected chi connectivity index (χ1v) is 8.65. The monoisotopic (exact) mass is 401 g/mol. The second-order valence-electron chi connectivity index (χ2n) is 6.35. The van der Waals surface area contributed by atoms with Gasteiger partial charge in [0.15, 0.2) is 0 Å². The van der Waals surface area contributed by atoms with Gasteiger partial charge in [-0.1, -0.05) is 41.4 Å². The molecule has 0 radical (unpaired) electrons. The molecule has 0 fully saturated rings. The number of fused-ring (bicyclic) bond motifs is 1. The minimum atomic E-state index is -4.65. The Morgan fingerprint density at radius 3 is 2.38 bits per heavy atom. The molecule has 2 unspecified atom stereocenters. The van der Waals surface area contributed by atoms with Crippen LogP contribution in [0.3, 0.4) is 0 Å². The van der Waals surface area contributed by atoms with Crippen LogP contribution in [0.25, 0.3) is 6.08 Å². The van der Waals surface area contributed by atoms with Crippen LogP contribution in [0, 0.1) is 0 Å². The van der Waals surface area contributed by atoms with Crippen LogP contribution in [-0.4, -0.2) is 12.2 Å². The van der Waals surface area contributed by atoms with Gasteiger partial charge in [-0.05, 0) is 48.4 Å². The van der Waals surface area contributed by atoms with Crippen LogP contribution < -0.4 is 10.5 Å². The van der Waals surface area contributed by atoms with Crippen LogP contribution in [-0.2, 0) is 12.0 Å². The molecule has 0 saturated carbocycles. The molecule has 2 nitrogen and oxygen atoms in total. The number of hydrogen-bond donors (Lipinski definition) is 1. The molecule has 26 heavy (non-hydrogen) atoms. The van der Waals surface area contributed by atoms with E-state index < -0.39 is 11.8 Å². The van der Waals surface area contributed by atoms with Crippen molar-refractivity contribution in [2.24, 2.45) is 5.73 Å². The first kappa shape index (κ1) is 19.1. The molecule has 2 aromatic carbocycles. The first-order valence-electron chi connectivity index (χ1n) is 7.90. The Balaban J connectivity index is 2.06. The summed E-state index contributed by atoms with van der Waals surface area (Å²) in [5, 5.41) is 0.243. The third-order valence-corrected chi connectivity index (χ3v) is 4.62. The van der Waals surface area contributed by atoms with Gasteiger partial charge in [0, 0.05) is 28.1 Å². The summed E-state index contributed by atoms with van der Waals surface area (Å²) in [7, 11) is 0. The Hall–Kier alpha value is -1.69. The molecule has 1 aliphatic rings. The number of benzene rings is 2. The summed E-state index contributed by atoms with van der Waals surface area (Å²) in [5.74, 6) is 0.191. The molecule has 0 aliphatic carbocycles. The average Bonchev–Trinajstić information content (AvgIpc) is 2.91. The number of alkyl halides is 3. The van der Waals surface area contributed by atoms with E-state index in [0.717, 1.165) is 5.56 Å². The molecule has 7 heteroatoms. The van der Waals surface area contributed by atoms with E-state index in [4.69, 9.17) is 33.7 Å². The predicted molar refractivity (Wildman–Crippen MR) is 97.7 cm³/mol. The standard InChI is InChI=1S/C19H16Cl2F3NO/c1-11(25)2-3-12-4-5-17-13(6-12)10-18(26-17,19(22,23)24)14-7-15(20)9-16(21)8-14/h2-9,11H,10,25H2,1H3. The number of ether oxygens (including phenoxy) is 1. The molecule has 0 spiro atoms. The maximum atomic E-state index is 14.0. The van der Waals surface area contributed by atoms with Gasteiger partial charge in [-0.15, -0.1) is 0 Å². The molecule has 1 aliphatic heterocycles. The van der Waals surface area contributed by atoms with E-state index in [-0.39, 0.29) is 33.8 Å². The minimum Gasteiger partial charge on any atom is -0.472 e. The highest BCUT2D eigenvalue weighted by Crippen LogP contribution is 2.51. The Bertz CT molecular complexity index is 844. The maximum absolute atomic E-state index is 14.0. The number of nitrogens with two attached hydrogens (primary N) is 1. The molecule has 3 rings (SSSR count). The molecular formula is C19H16Cl2F3NO. The molecule has 138 valence electrons. The van der Waals surface area contributed by atoms with E-state index in [1.165, 1.54) is 24.3 Å². The van der Waals surface area contributed by atoms with Gasteiger partial charge in [0.05, 0.1) is 0 Å². The summed E-state index contributed by atoms with van der Waals surface area (Å²) in [6, 6.07) is 8.62. The lowest BCUT2D eigenvalue weighted by Crippen LogP contribution is -2.46. The summed E-state index contributed by atoms with van der Waals surface area (Å²) < 4.78 is 47.6. The van der Waals surface area contributed by atoms with Gasteiger partial charge in [0.2, 0.25) is 5.60 Å². The van der Waals surface area contributed by atoms with E-state index in [9.17, 15) is 13.2 Å². The van der Waals surface area contributed by atoms with Crippen molar-refractivity contribution in [2.75, 3.05) is 0 Å². The fraction of sp³-hybridized carbons (Fsp3) is 0.263. The fourth-order valence-electron chi connectivity index (χ4n) is 2.97. The Kier molecular flexibility index (Phi) is 4.99. The second kappa shape index (κ2) is 6.80. The summed E-state index contributed by atoms with van der Waals surface area (Å²) in [6.07, 6.45) is -1.47. The van der Waals surface area contributed by atoms with Crippen LogP contribution in [0.1, 0.15) is 23.6 Å². The molecule has 0 amide bonds. The lowest BCUT2D eigenvalue weighted by molar-refractivity contribution is -0.248. The quantitative estimate of drug-likeness (QED) is 0.710. The van der Waals surface area contributed by atoms with E-state index in [2.05, 4.69) is 0 Å². The van der Waals surface area contributed by atoms with Gasteiger partial charge in [0.1, 0.15) is 5.75 Å². The van der Waals surface area contributed by atoms with Crippen molar-refractivity contribution in [3.8, 4) is 5.75 Å². The zero-order valence-corrected chi connectivity index (χ0v) is 15.3. The second-order valence-corrected chi connectivity index (χ2v) is 7.22. The van der Waals surface area contributed by atoms with E-state index >= 15 is 0 Å². The van der Waals surface area contributed by atoms with Crippen molar-refractivity contribution in [2.45, 2.75) is 31.2 Å². The fourth-order valence-corrected chi connectivity index (χ4v) is 3.49. The van der Waals surface area contributed by atoms with Crippen molar-refractivity contribution in [1.82, 2.24) is 0 Å². The van der Waals surface area contributed by atoms with Crippen LogP contribution in [0.4, 0.5) is 13.2 Å². The van der Waals surface area contributed by atoms with Gasteiger partial charge in [-0.3, -0.25) is 0 Å². The maximum Gasteiger partial charge on any atom is 0.432 e. The Morgan fingerprint density at radius 2 is 1.81 bits per heavy atom. The highest BCUT2D eigenvalue weighted by molar-refractivity contribution is 6.34. The van der Waals surface area contributed by atoms with Crippen LogP contribution >= 0.6 is 23.2 Å². The van der Waals surface area contributed by atoms with Gasteiger partial charge in [-0.25, -0.2) is 0 Å². The van der Waals surface area contributed by atoms with Gasteiger partial charge in [0.25, 0.3) is 0 Å². The molecule has 2 aromatic rings. The summed E-state index contributed by atoms with van der Waals surface area (Å²) in [5.41, 5.74) is 4.25. The van der Waals surface area contributed by atoms with Crippen LogP contribution in [0.2, 0.25) is 10.0 Å². The molecule has 2 N–H and O–H groups in total. The van der Waals surface area contributed by atoms with E-state index in [0.29, 0.717) is 5.56 Å². The van der Waals surface area contributed by atoms with Crippen LogP contribution in [0.15, 0.2) is 42.5 Å². The van der Waals surface area contributed by atoms with Gasteiger partial charge in [-0.2, -0.15) is 13.2 Å². The van der Waals surface area contributed by atoms with Gasteiger partial charge >= 0.3 is 6.18 Å². The molecule has 0 saturated heterocycles. The molecular weight excluding hydrogens is 386 g/mol. The largest absolute Gasteiger partial charge is 0.472 e. The number of halogens is 5. The van der Waals surface area contributed by atoms with Crippen molar-refractivity contribution >= 4 is 29.3 Å². The van der Waals surface area contributed by atoms with E-state index in [1.54, 1.807) is 24.3 Å². The minimum absolute atomic E-state index is 0.119. The topological polar surface area (TPSA) is 35.2 Å². The molecule has 1 heterocycles. The molecule has 0 bridgehead atoms.